The van der Waals surface area contributed by atoms with Crippen LogP contribution in [0.15, 0.2) is 70.4 Å². The minimum atomic E-state index is -0.420. The number of amides is 1. The van der Waals surface area contributed by atoms with E-state index in [1.165, 1.54) is 16.8 Å². The molecule has 0 radical (unpaired) electrons. The number of hydrazone groups is 1. The van der Waals surface area contributed by atoms with Crippen molar-refractivity contribution in [2.45, 2.75) is 19.9 Å². The normalized spacial score (nSPS) is 16.6. The van der Waals surface area contributed by atoms with Gasteiger partial charge in [-0.15, -0.1) is 0 Å². The molecule has 2 aromatic carbocycles. The molecule has 0 saturated carbocycles. The minimum Gasteiger partial charge on any atom is -0.497 e. The second-order valence-electron chi connectivity index (χ2n) is 7.69. The number of nitrogens with one attached hydrogen (secondary N) is 1. The van der Waals surface area contributed by atoms with E-state index in [1.807, 2.05) is 61.7 Å². The number of amidine groups is 2. The van der Waals surface area contributed by atoms with Crippen LogP contribution in [0.4, 0.5) is 0 Å². The SMILES string of the molecule is CCC1=NN2C(=N)/C(=C\c3cn(CCOc4ccc(OC)cc4)c4ccccc34)C(=O)N=C2S1. The molecule has 1 N–H and O–H groups in total. The molecule has 0 saturated heterocycles. The number of thioether (sulfide) groups is 1. The van der Waals surface area contributed by atoms with Gasteiger partial charge < -0.3 is 14.0 Å². The quantitative estimate of drug-likeness (QED) is 0.500. The fourth-order valence-electron chi connectivity index (χ4n) is 3.84. The first-order valence-electron chi connectivity index (χ1n) is 10.9. The van der Waals surface area contributed by atoms with E-state index >= 15 is 0 Å². The Bertz CT molecular complexity index is 1370. The smallest absolute Gasteiger partial charge is 0.283 e. The zero-order valence-electron chi connectivity index (χ0n) is 18.8. The molecule has 0 atom stereocenters. The molecule has 2 aliphatic heterocycles. The van der Waals surface area contributed by atoms with E-state index in [2.05, 4.69) is 14.7 Å². The fraction of sp³-hybridized carbons (Fsp3) is 0.200. The standard InChI is InChI=1S/C25H23N5O3S/c1-3-22-28-30-23(26)20(24(31)27-25(30)34-22)14-16-15-29(21-7-5-4-6-19(16)21)12-13-33-18-10-8-17(32-2)9-11-18/h4-11,14-15,26H,3,12-13H2,1-2H3/b20-14+,26-23?. The van der Waals surface area contributed by atoms with Gasteiger partial charge in [-0.1, -0.05) is 25.1 Å². The Morgan fingerprint density at radius 3 is 2.65 bits per heavy atom. The van der Waals surface area contributed by atoms with E-state index in [9.17, 15) is 4.79 Å². The lowest BCUT2D eigenvalue weighted by molar-refractivity contribution is -0.114. The topological polar surface area (TPSA) is 92.3 Å². The monoisotopic (exact) mass is 473 g/mol. The molecule has 0 spiro atoms. The van der Waals surface area contributed by atoms with Crippen LogP contribution in [0.2, 0.25) is 0 Å². The number of fused-ring (bicyclic) bond motifs is 2. The first kappa shape index (κ1) is 22.0. The van der Waals surface area contributed by atoms with Crippen molar-refractivity contribution < 1.29 is 14.3 Å². The Morgan fingerprint density at radius 1 is 1.12 bits per heavy atom. The summed E-state index contributed by atoms with van der Waals surface area (Å²) in [7, 11) is 1.63. The molecule has 5 rings (SSSR count). The Labute approximate surface area is 201 Å². The van der Waals surface area contributed by atoms with Crippen LogP contribution in [0.25, 0.3) is 17.0 Å². The molecule has 1 aromatic heterocycles. The number of carbonyl (C=O) groups is 1. The van der Waals surface area contributed by atoms with Crippen molar-refractivity contribution in [3.63, 3.8) is 0 Å². The Hall–Kier alpha value is -3.85. The zero-order valence-corrected chi connectivity index (χ0v) is 19.6. The van der Waals surface area contributed by atoms with Crippen molar-refractivity contribution in [2.24, 2.45) is 10.1 Å². The van der Waals surface area contributed by atoms with Gasteiger partial charge in [-0.25, -0.2) is 0 Å². The predicted octanol–water partition coefficient (Wildman–Crippen LogP) is 4.76. The van der Waals surface area contributed by atoms with Crippen LogP contribution < -0.4 is 9.47 Å². The first-order valence-corrected chi connectivity index (χ1v) is 11.7. The molecule has 3 heterocycles. The second-order valence-corrected chi connectivity index (χ2v) is 8.73. The van der Waals surface area contributed by atoms with Crippen LogP contribution in [-0.2, 0) is 11.3 Å². The van der Waals surface area contributed by atoms with Gasteiger partial charge in [0.05, 0.1) is 19.2 Å². The number of hydrogen-bond acceptors (Lipinski definition) is 6. The van der Waals surface area contributed by atoms with E-state index < -0.39 is 5.91 Å². The largest absolute Gasteiger partial charge is 0.497 e. The lowest BCUT2D eigenvalue weighted by atomic mass is 10.1. The number of carbonyl (C=O) groups excluding carboxylic acids is 1. The molecule has 0 fully saturated rings. The number of aromatic nitrogens is 1. The van der Waals surface area contributed by atoms with E-state index in [4.69, 9.17) is 14.9 Å². The Morgan fingerprint density at radius 2 is 1.88 bits per heavy atom. The molecule has 0 bridgehead atoms. The van der Waals surface area contributed by atoms with Crippen LogP contribution in [0.5, 0.6) is 11.5 Å². The summed E-state index contributed by atoms with van der Waals surface area (Å²) in [6.45, 7) is 3.08. The molecule has 172 valence electrons. The minimum absolute atomic E-state index is 0.0469. The number of ether oxygens (including phenoxy) is 2. The summed E-state index contributed by atoms with van der Waals surface area (Å²) in [6, 6.07) is 15.5. The van der Waals surface area contributed by atoms with Gasteiger partial charge in [0.15, 0.2) is 5.84 Å². The van der Waals surface area contributed by atoms with Crippen molar-refractivity contribution in [1.82, 2.24) is 9.58 Å². The maximum atomic E-state index is 12.7. The number of methoxy groups -OCH3 is 1. The Balaban J connectivity index is 1.40. The summed E-state index contributed by atoms with van der Waals surface area (Å²) < 4.78 is 13.2. The third-order valence-corrected chi connectivity index (χ3v) is 6.63. The van der Waals surface area contributed by atoms with E-state index in [0.29, 0.717) is 18.3 Å². The van der Waals surface area contributed by atoms with Gasteiger partial charge in [0, 0.05) is 22.7 Å². The summed E-state index contributed by atoms with van der Waals surface area (Å²) in [4.78, 5) is 16.9. The summed E-state index contributed by atoms with van der Waals surface area (Å²) in [6.07, 6.45) is 4.44. The molecule has 8 nitrogen and oxygen atoms in total. The number of para-hydroxylation sites is 1. The summed E-state index contributed by atoms with van der Waals surface area (Å²) in [5, 5.41) is 16.7. The number of hydrogen-bond donors (Lipinski definition) is 1. The van der Waals surface area contributed by atoms with E-state index in [-0.39, 0.29) is 11.4 Å². The van der Waals surface area contributed by atoms with Gasteiger partial charge in [-0.2, -0.15) is 15.1 Å². The average Bonchev–Trinajstić information content (AvgIpc) is 3.44. The maximum absolute atomic E-state index is 12.7. The summed E-state index contributed by atoms with van der Waals surface area (Å²) in [5.41, 5.74) is 2.09. The van der Waals surface area contributed by atoms with Gasteiger partial charge >= 0.3 is 0 Å². The van der Waals surface area contributed by atoms with Crippen molar-refractivity contribution in [3.05, 3.63) is 65.9 Å². The van der Waals surface area contributed by atoms with Gasteiger partial charge in [0.2, 0.25) is 5.17 Å². The van der Waals surface area contributed by atoms with E-state index in [1.54, 1.807) is 13.2 Å². The van der Waals surface area contributed by atoms with Gasteiger partial charge in [-0.3, -0.25) is 10.2 Å². The molecule has 1 amide bonds. The van der Waals surface area contributed by atoms with Crippen LogP contribution in [-0.4, -0.2) is 45.2 Å². The van der Waals surface area contributed by atoms with Crippen molar-refractivity contribution in [1.29, 1.82) is 5.41 Å². The molecule has 34 heavy (non-hydrogen) atoms. The summed E-state index contributed by atoms with van der Waals surface area (Å²) in [5.74, 6) is 1.18. The highest BCUT2D eigenvalue weighted by Crippen LogP contribution is 2.31. The molecule has 3 aromatic rings. The van der Waals surface area contributed by atoms with Crippen molar-refractivity contribution in [2.75, 3.05) is 13.7 Å². The third kappa shape index (κ3) is 4.10. The van der Waals surface area contributed by atoms with Crippen LogP contribution >= 0.6 is 11.8 Å². The zero-order chi connectivity index (χ0) is 23.7. The van der Waals surface area contributed by atoms with Gasteiger partial charge in [-0.05, 0) is 54.6 Å². The maximum Gasteiger partial charge on any atom is 0.283 e. The highest BCUT2D eigenvalue weighted by Gasteiger charge is 2.35. The molecular weight excluding hydrogens is 450 g/mol. The van der Waals surface area contributed by atoms with Gasteiger partial charge in [0.25, 0.3) is 5.91 Å². The lowest BCUT2D eigenvalue weighted by Gasteiger charge is -2.20. The summed E-state index contributed by atoms with van der Waals surface area (Å²) >= 11 is 1.34. The average molecular weight is 474 g/mol. The number of nitrogens with zero attached hydrogens (tertiary/aromatic N) is 4. The van der Waals surface area contributed by atoms with Crippen LogP contribution in [0.3, 0.4) is 0 Å². The molecule has 0 unspecified atom stereocenters. The first-order chi connectivity index (χ1) is 16.6. The molecular formula is C25H23N5O3S. The highest BCUT2D eigenvalue weighted by molar-refractivity contribution is 8.26. The molecule has 0 aliphatic carbocycles. The van der Waals surface area contributed by atoms with E-state index in [0.717, 1.165) is 39.4 Å². The number of benzene rings is 2. The lowest BCUT2D eigenvalue weighted by Crippen LogP contribution is -2.35. The van der Waals surface area contributed by atoms with Crippen LogP contribution in [0.1, 0.15) is 18.9 Å². The second kappa shape index (κ2) is 9.18. The molecule has 9 heteroatoms. The number of rotatable bonds is 7. The third-order valence-electron chi connectivity index (χ3n) is 5.58. The van der Waals surface area contributed by atoms with Gasteiger partial charge in [0.1, 0.15) is 23.1 Å². The van der Waals surface area contributed by atoms with Crippen molar-refractivity contribution >= 4 is 50.7 Å². The fourth-order valence-corrected chi connectivity index (χ4v) is 4.66. The molecule has 2 aliphatic rings. The highest BCUT2D eigenvalue weighted by atomic mass is 32.2. The number of aliphatic imine (C=N–C) groups is 1. The van der Waals surface area contributed by atoms with Crippen LogP contribution in [0, 0.1) is 5.41 Å². The Kier molecular flexibility index (Phi) is 5.93. The van der Waals surface area contributed by atoms with Crippen molar-refractivity contribution in [3.8, 4) is 11.5 Å². The predicted molar refractivity (Wildman–Crippen MR) is 136 cm³/mol.